The number of aryl methyl sites for hydroxylation is 1. The molecule has 1 aromatic heterocycles. The molecule has 1 aromatic carbocycles. The van der Waals surface area contributed by atoms with Crippen molar-refractivity contribution in [3.63, 3.8) is 0 Å². The highest BCUT2D eigenvalue weighted by molar-refractivity contribution is 7.90. The normalized spacial score (nSPS) is 18.8. The Bertz CT molecular complexity index is 988. The number of fused-ring (bicyclic) bond motifs is 3. The molecule has 7 nitrogen and oxygen atoms in total. The van der Waals surface area contributed by atoms with E-state index in [1.54, 1.807) is 34.8 Å². The number of amides is 1. The Balaban J connectivity index is 1.69. The minimum atomic E-state index is -3.48. The molecule has 27 heavy (non-hydrogen) atoms. The highest BCUT2D eigenvalue weighted by Crippen LogP contribution is 2.39. The zero-order valence-electron chi connectivity index (χ0n) is 15.7. The summed E-state index contributed by atoms with van der Waals surface area (Å²) < 4.78 is 27.1. The summed E-state index contributed by atoms with van der Waals surface area (Å²) in [5, 5.41) is 4.43. The van der Waals surface area contributed by atoms with Crippen molar-refractivity contribution < 1.29 is 13.2 Å². The van der Waals surface area contributed by atoms with Crippen LogP contribution < -0.4 is 0 Å². The van der Waals surface area contributed by atoms with Crippen LogP contribution in [0.4, 0.5) is 0 Å². The Morgan fingerprint density at radius 3 is 2.56 bits per heavy atom. The van der Waals surface area contributed by atoms with Gasteiger partial charge in [0.1, 0.15) is 0 Å². The van der Waals surface area contributed by atoms with Gasteiger partial charge in [0.05, 0.1) is 16.3 Å². The van der Waals surface area contributed by atoms with Crippen molar-refractivity contribution in [1.29, 1.82) is 0 Å². The summed E-state index contributed by atoms with van der Waals surface area (Å²) in [6.07, 6.45) is 1.10. The molecule has 2 aliphatic heterocycles. The smallest absolute Gasteiger partial charge is 0.274 e. The molecule has 0 spiro atoms. The number of piperazine rings is 1. The SMILES string of the molecule is CCCN1CCN(C(=O)c2nn(C)c3c2CS(=O)(=O)c2ccccc2-3)CC1. The van der Waals surface area contributed by atoms with E-state index in [4.69, 9.17) is 0 Å². The average Bonchev–Trinajstić information content (AvgIpc) is 2.98. The molecular formula is C19H24N4O3S. The summed E-state index contributed by atoms with van der Waals surface area (Å²) in [5.41, 5.74) is 2.15. The zero-order chi connectivity index (χ0) is 19.2. The topological polar surface area (TPSA) is 75.5 Å². The molecule has 2 aromatic rings. The number of hydrogen-bond acceptors (Lipinski definition) is 5. The third-order valence-electron chi connectivity index (χ3n) is 5.36. The lowest BCUT2D eigenvalue weighted by molar-refractivity contribution is 0.0630. The molecule has 1 saturated heterocycles. The zero-order valence-corrected chi connectivity index (χ0v) is 16.5. The standard InChI is InChI=1S/C19H24N4O3S/c1-3-8-22-9-11-23(12-10-22)19(24)17-15-13-27(25,26)16-7-5-4-6-14(16)18(15)21(2)20-17/h4-7H,3,8-13H2,1-2H3. The van der Waals surface area contributed by atoms with Crippen LogP contribution in [-0.4, -0.2) is 66.6 Å². The molecular weight excluding hydrogens is 364 g/mol. The first-order valence-electron chi connectivity index (χ1n) is 9.32. The van der Waals surface area contributed by atoms with Crippen LogP contribution >= 0.6 is 0 Å². The molecule has 4 rings (SSSR count). The predicted octanol–water partition coefficient (Wildman–Crippen LogP) is 1.54. The molecule has 144 valence electrons. The second kappa shape index (κ2) is 6.76. The molecule has 0 aliphatic carbocycles. The number of sulfone groups is 1. The summed E-state index contributed by atoms with van der Waals surface area (Å²) in [5.74, 6) is -0.345. The molecule has 1 amide bonds. The van der Waals surface area contributed by atoms with Crippen LogP contribution in [0.15, 0.2) is 29.2 Å². The van der Waals surface area contributed by atoms with Gasteiger partial charge < -0.3 is 4.90 Å². The highest BCUT2D eigenvalue weighted by Gasteiger charge is 2.36. The van der Waals surface area contributed by atoms with Gasteiger partial charge in [0.2, 0.25) is 0 Å². The van der Waals surface area contributed by atoms with Gasteiger partial charge in [0.15, 0.2) is 15.5 Å². The molecule has 1 fully saturated rings. The van der Waals surface area contributed by atoms with Crippen molar-refractivity contribution in [2.75, 3.05) is 32.7 Å². The monoisotopic (exact) mass is 388 g/mol. The molecule has 0 atom stereocenters. The van der Waals surface area contributed by atoms with E-state index < -0.39 is 9.84 Å². The van der Waals surface area contributed by atoms with E-state index >= 15 is 0 Å². The summed E-state index contributed by atoms with van der Waals surface area (Å²) in [4.78, 5) is 17.6. The van der Waals surface area contributed by atoms with Gasteiger partial charge in [-0.05, 0) is 19.0 Å². The van der Waals surface area contributed by atoms with Crippen molar-refractivity contribution in [2.45, 2.75) is 24.0 Å². The van der Waals surface area contributed by atoms with Crippen LogP contribution in [0, 0.1) is 0 Å². The predicted molar refractivity (Wildman–Crippen MR) is 102 cm³/mol. The lowest BCUT2D eigenvalue weighted by atomic mass is 10.1. The van der Waals surface area contributed by atoms with Gasteiger partial charge in [0.25, 0.3) is 5.91 Å². The van der Waals surface area contributed by atoms with Gasteiger partial charge in [-0.2, -0.15) is 5.10 Å². The molecule has 0 radical (unpaired) electrons. The minimum absolute atomic E-state index is 0.169. The molecule has 8 heteroatoms. The van der Waals surface area contributed by atoms with Crippen molar-refractivity contribution in [1.82, 2.24) is 19.6 Å². The third kappa shape index (κ3) is 3.06. The maximum Gasteiger partial charge on any atom is 0.274 e. The molecule has 0 saturated carbocycles. The van der Waals surface area contributed by atoms with E-state index in [9.17, 15) is 13.2 Å². The van der Waals surface area contributed by atoms with Gasteiger partial charge in [0, 0.05) is 44.4 Å². The van der Waals surface area contributed by atoms with E-state index in [-0.39, 0.29) is 17.4 Å². The van der Waals surface area contributed by atoms with Gasteiger partial charge in [-0.1, -0.05) is 25.1 Å². The number of benzene rings is 1. The molecule has 2 aliphatic rings. The number of carbonyl (C=O) groups is 1. The maximum absolute atomic E-state index is 13.1. The van der Waals surface area contributed by atoms with E-state index in [1.165, 1.54) is 0 Å². The van der Waals surface area contributed by atoms with Gasteiger partial charge >= 0.3 is 0 Å². The van der Waals surface area contributed by atoms with Gasteiger partial charge in [-0.15, -0.1) is 0 Å². The lowest BCUT2D eigenvalue weighted by Gasteiger charge is -2.34. The van der Waals surface area contributed by atoms with Crippen molar-refractivity contribution in [3.05, 3.63) is 35.5 Å². The first-order valence-corrected chi connectivity index (χ1v) is 11.0. The third-order valence-corrected chi connectivity index (χ3v) is 7.05. The van der Waals surface area contributed by atoms with Crippen LogP contribution in [-0.2, 0) is 22.6 Å². The Morgan fingerprint density at radius 1 is 1.15 bits per heavy atom. The van der Waals surface area contributed by atoms with Crippen LogP contribution in [0.3, 0.4) is 0 Å². The van der Waals surface area contributed by atoms with Crippen LogP contribution in [0.1, 0.15) is 29.4 Å². The summed E-state index contributed by atoms with van der Waals surface area (Å²) in [7, 11) is -1.71. The average molecular weight is 388 g/mol. The molecule has 0 bridgehead atoms. The van der Waals surface area contributed by atoms with E-state index in [2.05, 4.69) is 16.9 Å². The van der Waals surface area contributed by atoms with Crippen LogP contribution in [0.5, 0.6) is 0 Å². The molecule has 0 unspecified atom stereocenters. The Morgan fingerprint density at radius 2 is 1.85 bits per heavy atom. The van der Waals surface area contributed by atoms with Gasteiger partial charge in [-0.25, -0.2) is 8.42 Å². The summed E-state index contributed by atoms with van der Waals surface area (Å²) in [6, 6.07) is 6.93. The maximum atomic E-state index is 13.1. The quantitative estimate of drug-likeness (QED) is 0.797. The van der Waals surface area contributed by atoms with Crippen molar-refractivity contribution in [3.8, 4) is 11.3 Å². The summed E-state index contributed by atoms with van der Waals surface area (Å²) >= 11 is 0. The molecule has 0 N–H and O–H groups in total. The Labute approximate surface area is 159 Å². The van der Waals surface area contributed by atoms with Crippen LogP contribution in [0.2, 0.25) is 0 Å². The fourth-order valence-electron chi connectivity index (χ4n) is 4.06. The van der Waals surface area contributed by atoms with E-state index in [0.29, 0.717) is 29.1 Å². The van der Waals surface area contributed by atoms with E-state index in [1.807, 2.05) is 6.07 Å². The fourth-order valence-corrected chi connectivity index (χ4v) is 5.65. The number of nitrogens with zero attached hydrogens (tertiary/aromatic N) is 4. The Kier molecular flexibility index (Phi) is 4.55. The van der Waals surface area contributed by atoms with E-state index in [0.717, 1.165) is 31.7 Å². The number of hydrogen-bond donors (Lipinski definition) is 0. The summed E-state index contributed by atoms with van der Waals surface area (Å²) in [6.45, 7) is 6.17. The lowest BCUT2D eigenvalue weighted by Crippen LogP contribution is -2.49. The first kappa shape index (κ1) is 18.2. The fraction of sp³-hybridized carbons (Fsp3) is 0.474. The number of carbonyl (C=O) groups excluding carboxylic acids is 1. The van der Waals surface area contributed by atoms with Crippen molar-refractivity contribution in [2.24, 2.45) is 7.05 Å². The Hall–Kier alpha value is -2.19. The molecule has 3 heterocycles. The second-order valence-corrected chi connectivity index (χ2v) is 9.15. The number of rotatable bonds is 3. The van der Waals surface area contributed by atoms with Crippen molar-refractivity contribution >= 4 is 15.7 Å². The minimum Gasteiger partial charge on any atom is -0.335 e. The van der Waals surface area contributed by atoms with Gasteiger partial charge in [-0.3, -0.25) is 14.4 Å². The number of aromatic nitrogens is 2. The highest BCUT2D eigenvalue weighted by atomic mass is 32.2. The first-order chi connectivity index (χ1) is 12.9. The van der Waals surface area contributed by atoms with Crippen LogP contribution in [0.25, 0.3) is 11.3 Å². The largest absolute Gasteiger partial charge is 0.335 e. The second-order valence-electron chi connectivity index (χ2n) is 7.19.